The fourth-order valence-electron chi connectivity index (χ4n) is 1.35. The lowest BCUT2D eigenvalue weighted by Crippen LogP contribution is -1.86. The van der Waals surface area contributed by atoms with Gasteiger partial charge in [0.2, 0.25) is 11.7 Å². The van der Waals surface area contributed by atoms with Gasteiger partial charge in [0.25, 0.3) is 0 Å². The zero-order chi connectivity index (χ0) is 12.3. The number of hydrogen-bond acceptors (Lipinski definition) is 3. The minimum Gasteiger partial charge on any atom is -0.339 e. The van der Waals surface area contributed by atoms with E-state index in [0.717, 1.165) is 0 Å². The average molecular weight is 267 g/mol. The van der Waals surface area contributed by atoms with E-state index >= 15 is 0 Å². The van der Waals surface area contributed by atoms with Crippen molar-refractivity contribution >= 4 is 23.2 Å². The monoisotopic (exact) mass is 266 g/mol. The minimum absolute atomic E-state index is 0.382. The molecule has 5 heteroatoms. The molecule has 0 aliphatic heterocycles. The summed E-state index contributed by atoms with van der Waals surface area (Å²) in [6.45, 7) is 0. The Labute approximate surface area is 109 Å². The highest BCUT2D eigenvalue weighted by molar-refractivity contribution is 6.38. The van der Waals surface area contributed by atoms with Gasteiger partial charge in [-0.2, -0.15) is 4.98 Å². The van der Waals surface area contributed by atoms with Crippen molar-refractivity contribution in [1.29, 1.82) is 0 Å². The van der Waals surface area contributed by atoms with Gasteiger partial charge in [-0.15, -0.1) is 12.3 Å². The van der Waals surface area contributed by atoms with Gasteiger partial charge in [0.15, 0.2) is 0 Å². The summed E-state index contributed by atoms with van der Waals surface area (Å²) < 4.78 is 5.06. The van der Waals surface area contributed by atoms with Crippen LogP contribution in [0, 0.1) is 12.3 Å². The Bertz CT molecular complexity index is 552. The summed E-state index contributed by atoms with van der Waals surface area (Å²) >= 11 is 12.1. The third-order valence-electron chi connectivity index (χ3n) is 2.14. The lowest BCUT2D eigenvalue weighted by Gasteiger charge is -2.00. The van der Waals surface area contributed by atoms with E-state index in [4.69, 9.17) is 34.1 Å². The van der Waals surface area contributed by atoms with Gasteiger partial charge in [0.1, 0.15) is 0 Å². The smallest absolute Gasteiger partial charge is 0.227 e. The van der Waals surface area contributed by atoms with E-state index in [1.54, 1.807) is 18.2 Å². The highest BCUT2D eigenvalue weighted by Gasteiger charge is 2.14. The molecule has 0 amide bonds. The van der Waals surface area contributed by atoms with Crippen LogP contribution in [0.25, 0.3) is 11.4 Å². The molecule has 0 N–H and O–H groups in total. The van der Waals surface area contributed by atoms with Crippen molar-refractivity contribution in [3.8, 4) is 23.7 Å². The van der Waals surface area contributed by atoms with Crippen molar-refractivity contribution in [2.45, 2.75) is 12.8 Å². The summed E-state index contributed by atoms with van der Waals surface area (Å²) in [5, 5.41) is 4.81. The Balaban J connectivity index is 2.34. The largest absolute Gasteiger partial charge is 0.339 e. The molecular formula is C12H8Cl2N2O. The van der Waals surface area contributed by atoms with Crippen LogP contribution in [0.5, 0.6) is 0 Å². The molecule has 0 radical (unpaired) electrons. The zero-order valence-corrected chi connectivity index (χ0v) is 10.3. The first-order valence-electron chi connectivity index (χ1n) is 4.93. The first kappa shape index (κ1) is 12.0. The van der Waals surface area contributed by atoms with Gasteiger partial charge in [0, 0.05) is 12.8 Å². The van der Waals surface area contributed by atoms with Gasteiger partial charge >= 0.3 is 0 Å². The van der Waals surface area contributed by atoms with E-state index in [1.165, 1.54) is 0 Å². The molecule has 0 bridgehead atoms. The summed E-state index contributed by atoms with van der Waals surface area (Å²) in [7, 11) is 0. The topological polar surface area (TPSA) is 38.9 Å². The van der Waals surface area contributed by atoms with Crippen LogP contribution in [0.15, 0.2) is 22.7 Å². The lowest BCUT2D eigenvalue weighted by molar-refractivity contribution is 0.380. The minimum atomic E-state index is 0.382. The van der Waals surface area contributed by atoms with Crippen LogP contribution in [-0.2, 0) is 6.42 Å². The molecule has 0 spiro atoms. The van der Waals surface area contributed by atoms with Crippen molar-refractivity contribution in [1.82, 2.24) is 10.1 Å². The molecule has 0 saturated carbocycles. The zero-order valence-electron chi connectivity index (χ0n) is 8.78. The van der Waals surface area contributed by atoms with E-state index in [1.807, 2.05) is 0 Å². The van der Waals surface area contributed by atoms with Gasteiger partial charge in [-0.05, 0) is 12.1 Å². The number of rotatable bonds is 3. The molecule has 3 nitrogen and oxygen atoms in total. The molecule has 0 aliphatic carbocycles. The molecule has 0 aliphatic rings. The summed E-state index contributed by atoms with van der Waals surface area (Å²) in [6.07, 6.45) is 6.26. The molecule has 0 unspecified atom stereocenters. The molecule has 0 saturated heterocycles. The van der Waals surface area contributed by atoms with Crippen LogP contribution in [-0.4, -0.2) is 10.1 Å². The Hall–Kier alpha value is -1.50. The Morgan fingerprint density at radius 2 is 2.00 bits per heavy atom. The normalized spacial score (nSPS) is 10.2. The number of terminal acetylenes is 1. The second-order valence-electron chi connectivity index (χ2n) is 3.31. The molecule has 1 aromatic carbocycles. The molecule has 0 fully saturated rings. The molecule has 1 heterocycles. The van der Waals surface area contributed by atoms with Gasteiger partial charge in [0.05, 0.1) is 15.6 Å². The maximum absolute atomic E-state index is 6.04. The fraction of sp³-hybridized carbons (Fsp3) is 0.167. The first-order valence-corrected chi connectivity index (χ1v) is 5.68. The van der Waals surface area contributed by atoms with Crippen LogP contribution in [0.4, 0.5) is 0 Å². The Morgan fingerprint density at radius 1 is 1.29 bits per heavy atom. The van der Waals surface area contributed by atoms with Gasteiger partial charge in [-0.1, -0.05) is 34.4 Å². The molecule has 17 heavy (non-hydrogen) atoms. The summed E-state index contributed by atoms with van der Waals surface area (Å²) in [5.74, 6) is 3.37. The van der Waals surface area contributed by atoms with E-state index < -0.39 is 0 Å². The van der Waals surface area contributed by atoms with Crippen LogP contribution in [0.1, 0.15) is 12.3 Å². The van der Waals surface area contributed by atoms with E-state index in [2.05, 4.69) is 16.1 Å². The third-order valence-corrected chi connectivity index (χ3v) is 2.77. The maximum atomic E-state index is 6.04. The van der Waals surface area contributed by atoms with Gasteiger partial charge in [-0.25, -0.2) is 0 Å². The van der Waals surface area contributed by atoms with Crippen molar-refractivity contribution in [3.63, 3.8) is 0 Å². The van der Waals surface area contributed by atoms with Crippen molar-refractivity contribution in [2.75, 3.05) is 0 Å². The fourth-order valence-corrected chi connectivity index (χ4v) is 1.91. The predicted octanol–water partition coefficient (Wildman–Crippen LogP) is 3.61. The van der Waals surface area contributed by atoms with Gasteiger partial charge in [-0.3, -0.25) is 0 Å². The van der Waals surface area contributed by atoms with Crippen LogP contribution in [0.2, 0.25) is 10.0 Å². The number of aromatic nitrogens is 2. The van der Waals surface area contributed by atoms with Crippen LogP contribution >= 0.6 is 23.2 Å². The molecular weight excluding hydrogens is 259 g/mol. The number of halogens is 2. The van der Waals surface area contributed by atoms with Crippen molar-refractivity contribution in [3.05, 3.63) is 34.1 Å². The summed E-state index contributed by atoms with van der Waals surface area (Å²) in [5.41, 5.74) is 0.576. The second kappa shape index (κ2) is 5.22. The standard InChI is InChI=1S/C12H8Cl2N2O/c1-2-3-7-10-15-12(16-17-10)11-8(13)5-4-6-9(11)14/h1,4-6H,3,7H2. The summed E-state index contributed by atoms with van der Waals surface area (Å²) in [4.78, 5) is 4.20. The average Bonchev–Trinajstić information content (AvgIpc) is 2.75. The molecule has 0 atom stereocenters. The molecule has 2 aromatic rings. The third kappa shape index (κ3) is 2.60. The molecule has 2 rings (SSSR count). The Morgan fingerprint density at radius 3 is 2.65 bits per heavy atom. The second-order valence-corrected chi connectivity index (χ2v) is 4.13. The maximum Gasteiger partial charge on any atom is 0.227 e. The molecule has 86 valence electrons. The quantitative estimate of drug-likeness (QED) is 0.797. The number of hydrogen-bond donors (Lipinski definition) is 0. The first-order chi connectivity index (χ1) is 8.22. The SMILES string of the molecule is C#CCCc1nc(-c2c(Cl)cccc2Cl)no1. The van der Waals surface area contributed by atoms with Crippen molar-refractivity contribution in [2.24, 2.45) is 0 Å². The van der Waals surface area contributed by atoms with Crippen LogP contribution in [0.3, 0.4) is 0 Å². The lowest BCUT2D eigenvalue weighted by atomic mass is 10.2. The summed E-state index contributed by atoms with van der Waals surface area (Å²) in [6, 6.07) is 5.20. The molecule has 1 aromatic heterocycles. The highest BCUT2D eigenvalue weighted by Crippen LogP contribution is 2.32. The van der Waals surface area contributed by atoms with E-state index in [9.17, 15) is 0 Å². The number of aryl methyl sites for hydroxylation is 1. The predicted molar refractivity (Wildman–Crippen MR) is 66.9 cm³/mol. The van der Waals surface area contributed by atoms with Gasteiger partial charge < -0.3 is 4.52 Å². The Kier molecular flexibility index (Phi) is 3.68. The van der Waals surface area contributed by atoms with Crippen molar-refractivity contribution < 1.29 is 4.52 Å². The van der Waals surface area contributed by atoms with Crippen LogP contribution < -0.4 is 0 Å². The number of benzene rings is 1. The highest BCUT2D eigenvalue weighted by atomic mass is 35.5. The number of nitrogens with zero attached hydrogens (tertiary/aromatic N) is 2. The van der Waals surface area contributed by atoms with E-state index in [0.29, 0.717) is 40.2 Å². The van der Waals surface area contributed by atoms with E-state index in [-0.39, 0.29) is 0 Å².